The van der Waals surface area contributed by atoms with Crippen molar-refractivity contribution in [1.82, 2.24) is 0 Å². The van der Waals surface area contributed by atoms with Crippen LogP contribution in [0.2, 0.25) is 0 Å². The number of anilines is 1. The van der Waals surface area contributed by atoms with Crippen LogP contribution < -0.4 is 5.32 Å². The topological polar surface area (TPSA) is 45.4 Å². The molecule has 19 heavy (non-hydrogen) atoms. The minimum Gasteiger partial charge on any atom is -0.467 e. The molecule has 1 atom stereocenters. The number of hydrogen-bond donors (Lipinski definition) is 2. The highest BCUT2D eigenvalue weighted by Gasteiger charge is 2.13. The van der Waals surface area contributed by atoms with Gasteiger partial charge in [0.2, 0.25) is 0 Å². The van der Waals surface area contributed by atoms with Crippen molar-refractivity contribution in [2.45, 2.75) is 32.3 Å². The van der Waals surface area contributed by atoms with Gasteiger partial charge in [-0.1, -0.05) is 32.9 Å². The Labute approximate surface area is 114 Å². The summed E-state index contributed by atoms with van der Waals surface area (Å²) >= 11 is 0. The maximum absolute atomic E-state index is 9.90. The van der Waals surface area contributed by atoms with Gasteiger partial charge in [0.15, 0.2) is 0 Å². The smallest absolute Gasteiger partial charge is 0.134 e. The second-order valence-electron chi connectivity index (χ2n) is 5.74. The molecule has 3 nitrogen and oxygen atoms in total. The lowest BCUT2D eigenvalue weighted by Gasteiger charge is -2.19. The van der Waals surface area contributed by atoms with Crippen LogP contribution in [0.1, 0.15) is 38.2 Å². The highest BCUT2D eigenvalue weighted by molar-refractivity contribution is 5.46. The zero-order valence-corrected chi connectivity index (χ0v) is 11.7. The zero-order valence-electron chi connectivity index (χ0n) is 11.7. The van der Waals surface area contributed by atoms with Gasteiger partial charge in [0.05, 0.1) is 6.26 Å². The first-order valence-electron chi connectivity index (χ1n) is 6.53. The molecule has 1 unspecified atom stereocenters. The van der Waals surface area contributed by atoms with E-state index in [9.17, 15) is 5.11 Å². The standard InChI is InChI=1S/C16H21NO2/c1-16(2,3)12-6-8-13(9-7-12)17-11-14(18)15-5-4-10-19-15/h4-10,14,17-18H,11H2,1-3H3. The first-order chi connectivity index (χ1) is 8.97. The minimum absolute atomic E-state index is 0.159. The summed E-state index contributed by atoms with van der Waals surface area (Å²) in [5, 5.41) is 13.1. The fourth-order valence-electron chi connectivity index (χ4n) is 1.88. The van der Waals surface area contributed by atoms with Gasteiger partial charge < -0.3 is 14.8 Å². The molecule has 0 saturated heterocycles. The summed E-state index contributed by atoms with van der Waals surface area (Å²) < 4.78 is 5.16. The summed E-state index contributed by atoms with van der Waals surface area (Å²) in [4.78, 5) is 0. The molecule has 0 aliphatic heterocycles. The summed E-state index contributed by atoms with van der Waals surface area (Å²) in [5.74, 6) is 0.582. The Balaban J connectivity index is 1.93. The minimum atomic E-state index is -0.628. The van der Waals surface area contributed by atoms with Gasteiger partial charge in [0.1, 0.15) is 11.9 Å². The van der Waals surface area contributed by atoms with E-state index in [0.29, 0.717) is 12.3 Å². The summed E-state index contributed by atoms with van der Waals surface area (Å²) in [5.41, 5.74) is 2.45. The van der Waals surface area contributed by atoms with E-state index < -0.39 is 6.10 Å². The summed E-state index contributed by atoms with van der Waals surface area (Å²) in [6, 6.07) is 11.8. The number of aliphatic hydroxyl groups is 1. The Kier molecular flexibility index (Phi) is 3.96. The highest BCUT2D eigenvalue weighted by atomic mass is 16.4. The van der Waals surface area contributed by atoms with Crippen LogP contribution in [-0.4, -0.2) is 11.7 Å². The van der Waals surface area contributed by atoms with E-state index in [1.807, 2.05) is 12.1 Å². The molecule has 0 saturated carbocycles. The number of nitrogens with one attached hydrogen (secondary N) is 1. The van der Waals surface area contributed by atoms with Gasteiger partial charge >= 0.3 is 0 Å². The molecular weight excluding hydrogens is 238 g/mol. The molecule has 1 heterocycles. The third-order valence-corrected chi connectivity index (χ3v) is 3.12. The fourth-order valence-corrected chi connectivity index (χ4v) is 1.88. The van der Waals surface area contributed by atoms with E-state index >= 15 is 0 Å². The lowest BCUT2D eigenvalue weighted by atomic mass is 9.87. The van der Waals surface area contributed by atoms with Crippen LogP contribution in [0.4, 0.5) is 5.69 Å². The predicted octanol–water partition coefficient (Wildman–Crippen LogP) is 3.72. The highest BCUT2D eigenvalue weighted by Crippen LogP contribution is 2.23. The molecule has 1 aromatic heterocycles. The van der Waals surface area contributed by atoms with Gasteiger partial charge in [-0.2, -0.15) is 0 Å². The van der Waals surface area contributed by atoms with Crippen molar-refractivity contribution in [3.05, 3.63) is 54.0 Å². The average molecular weight is 259 g/mol. The van der Waals surface area contributed by atoms with Crippen LogP contribution in [0.5, 0.6) is 0 Å². The summed E-state index contributed by atoms with van der Waals surface area (Å²) in [7, 11) is 0. The lowest BCUT2D eigenvalue weighted by Crippen LogP contribution is -2.13. The van der Waals surface area contributed by atoms with Gasteiger partial charge in [-0.3, -0.25) is 0 Å². The number of aliphatic hydroxyl groups excluding tert-OH is 1. The van der Waals surface area contributed by atoms with Gasteiger partial charge in [-0.25, -0.2) is 0 Å². The van der Waals surface area contributed by atoms with Crippen molar-refractivity contribution in [2.75, 3.05) is 11.9 Å². The first-order valence-corrected chi connectivity index (χ1v) is 6.53. The Hall–Kier alpha value is -1.74. The lowest BCUT2D eigenvalue weighted by molar-refractivity contribution is 0.162. The van der Waals surface area contributed by atoms with Crippen molar-refractivity contribution in [3.63, 3.8) is 0 Å². The van der Waals surface area contributed by atoms with E-state index in [0.717, 1.165) is 5.69 Å². The van der Waals surface area contributed by atoms with E-state index in [1.54, 1.807) is 18.4 Å². The normalized spacial score (nSPS) is 13.3. The second kappa shape index (κ2) is 5.49. The number of benzene rings is 1. The van der Waals surface area contributed by atoms with Gasteiger partial charge in [-0.05, 0) is 35.2 Å². The zero-order chi connectivity index (χ0) is 13.9. The fraction of sp³-hybridized carbons (Fsp3) is 0.375. The molecule has 2 N–H and O–H groups in total. The van der Waals surface area contributed by atoms with E-state index in [-0.39, 0.29) is 5.41 Å². The molecule has 3 heteroatoms. The van der Waals surface area contributed by atoms with E-state index in [1.165, 1.54) is 5.56 Å². The Morgan fingerprint density at radius 3 is 2.37 bits per heavy atom. The van der Waals surface area contributed by atoms with Crippen LogP contribution in [0.25, 0.3) is 0 Å². The van der Waals surface area contributed by atoms with Crippen LogP contribution in [-0.2, 0) is 5.41 Å². The monoisotopic (exact) mass is 259 g/mol. The molecule has 2 rings (SSSR count). The third kappa shape index (κ3) is 3.61. The quantitative estimate of drug-likeness (QED) is 0.879. The molecule has 102 valence electrons. The van der Waals surface area contributed by atoms with E-state index in [2.05, 4.69) is 38.2 Å². The molecule has 2 aromatic rings. The molecule has 0 spiro atoms. The van der Waals surface area contributed by atoms with Crippen LogP contribution in [0.15, 0.2) is 47.1 Å². The molecule has 0 radical (unpaired) electrons. The van der Waals surface area contributed by atoms with Crippen LogP contribution >= 0.6 is 0 Å². The Bertz CT molecular complexity index is 495. The average Bonchev–Trinajstić information content (AvgIpc) is 2.89. The molecule has 0 fully saturated rings. The van der Waals surface area contributed by atoms with Crippen molar-refractivity contribution < 1.29 is 9.52 Å². The molecule has 0 bridgehead atoms. The van der Waals surface area contributed by atoms with Crippen molar-refractivity contribution in [3.8, 4) is 0 Å². The maximum Gasteiger partial charge on any atom is 0.134 e. The van der Waals surface area contributed by atoms with Crippen molar-refractivity contribution in [1.29, 1.82) is 0 Å². The SMILES string of the molecule is CC(C)(C)c1ccc(NCC(O)c2ccco2)cc1. The third-order valence-electron chi connectivity index (χ3n) is 3.12. The van der Waals surface area contributed by atoms with E-state index in [4.69, 9.17) is 4.42 Å². The van der Waals surface area contributed by atoms with Gasteiger partial charge in [-0.15, -0.1) is 0 Å². The molecular formula is C16H21NO2. The van der Waals surface area contributed by atoms with Gasteiger partial charge in [0, 0.05) is 12.2 Å². The first kappa shape index (κ1) is 13.7. The van der Waals surface area contributed by atoms with Crippen molar-refractivity contribution in [2.24, 2.45) is 0 Å². The summed E-state index contributed by atoms with van der Waals surface area (Å²) in [6.45, 7) is 7.00. The molecule has 0 aliphatic carbocycles. The summed E-state index contributed by atoms with van der Waals surface area (Å²) in [6.07, 6.45) is 0.939. The number of furan rings is 1. The second-order valence-corrected chi connectivity index (χ2v) is 5.74. The number of rotatable bonds is 4. The van der Waals surface area contributed by atoms with Crippen LogP contribution in [0.3, 0.4) is 0 Å². The molecule has 0 aliphatic rings. The largest absolute Gasteiger partial charge is 0.467 e. The Morgan fingerprint density at radius 1 is 1.16 bits per heavy atom. The van der Waals surface area contributed by atoms with Crippen LogP contribution in [0, 0.1) is 0 Å². The molecule has 0 amide bonds. The Morgan fingerprint density at radius 2 is 1.84 bits per heavy atom. The predicted molar refractivity (Wildman–Crippen MR) is 77.3 cm³/mol. The van der Waals surface area contributed by atoms with Crippen molar-refractivity contribution >= 4 is 5.69 Å². The van der Waals surface area contributed by atoms with Gasteiger partial charge in [0.25, 0.3) is 0 Å². The molecule has 1 aromatic carbocycles. The maximum atomic E-state index is 9.90. The number of hydrogen-bond acceptors (Lipinski definition) is 3.